The average molecular weight is 275 g/mol. The molecule has 100 valence electrons. The fraction of sp³-hybridized carbons (Fsp3) is 0.444. The van der Waals surface area contributed by atoms with Gasteiger partial charge in [0, 0.05) is 5.75 Å². The molecule has 1 saturated heterocycles. The van der Waals surface area contributed by atoms with E-state index in [0.29, 0.717) is 11.5 Å². The molecule has 8 nitrogen and oxygen atoms in total. The largest absolute Gasteiger partial charge is 0.461 e. The maximum absolute atomic E-state index is 11.7. The molecule has 1 heterocycles. The lowest BCUT2D eigenvalue weighted by Crippen LogP contribution is -2.29. The van der Waals surface area contributed by atoms with Crippen LogP contribution in [0.25, 0.3) is 0 Å². The highest BCUT2D eigenvalue weighted by molar-refractivity contribution is 8.14. The Morgan fingerprint density at radius 2 is 2.44 bits per heavy atom. The van der Waals surface area contributed by atoms with Crippen LogP contribution < -0.4 is 5.48 Å². The van der Waals surface area contributed by atoms with Crippen molar-refractivity contribution < 1.29 is 24.4 Å². The number of rotatable bonds is 5. The molecule has 0 atom stereocenters. The summed E-state index contributed by atoms with van der Waals surface area (Å²) >= 11 is 1.11. The first kappa shape index (κ1) is 14.5. The van der Waals surface area contributed by atoms with Crippen molar-refractivity contribution in [3.8, 4) is 0 Å². The van der Waals surface area contributed by atoms with Gasteiger partial charge in [-0.15, -0.1) is 0 Å². The van der Waals surface area contributed by atoms with Crippen LogP contribution in [0.5, 0.6) is 0 Å². The number of amides is 1. The highest BCUT2D eigenvalue weighted by Crippen LogP contribution is 2.27. The van der Waals surface area contributed by atoms with Crippen LogP contribution in [0.3, 0.4) is 0 Å². The van der Waals surface area contributed by atoms with E-state index in [1.807, 2.05) is 0 Å². The standard InChI is InChI=1S/C9H13N3O5S/c1-3-17-8(14)7(11-16-2)6-4-18-9(10-5-13)12(6)15/h5,11,15H,3-4H2,1-2H3. The Bertz CT molecular complexity index is 396. The Kier molecular flexibility index (Phi) is 5.62. The number of ether oxygens (including phenoxy) is 1. The molecule has 1 amide bonds. The van der Waals surface area contributed by atoms with Gasteiger partial charge in [-0.05, 0) is 6.92 Å². The number of aliphatic imine (C=N–C) groups is 1. The molecule has 2 N–H and O–H groups in total. The molecule has 0 aliphatic carbocycles. The topological polar surface area (TPSA) is 100 Å². The smallest absolute Gasteiger partial charge is 0.358 e. The van der Waals surface area contributed by atoms with Crippen molar-refractivity contribution in [3.63, 3.8) is 0 Å². The zero-order valence-electron chi connectivity index (χ0n) is 9.87. The summed E-state index contributed by atoms with van der Waals surface area (Å²) in [7, 11) is 1.32. The Morgan fingerprint density at radius 1 is 1.72 bits per heavy atom. The first-order chi connectivity index (χ1) is 8.65. The molecule has 0 unspecified atom stereocenters. The number of hydroxylamine groups is 3. The van der Waals surface area contributed by atoms with Crippen LogP contribution in [0.4, 0.5) is 0 Å². The van der Waals surface area contributed by atoms with Gasteiger partial charge in [-0.25, -0.2) is 9.86 Å². The van der Waals surface area contributed by atoms with Crippen molar-refractivity contribution in [3.05, 3.63) is 11.4 Å². The lowest BCUT2D eigenvalue weighted by molar-refractivity contribution is -0.140. The van der Waals surface area contributed by atoms with Crippen LogP contribution in [0.2, 0.25) is 0 Å². The van der Waals surface area contributed by atoms with Crippen LogP contribution in [-0.4, -0.2) is 47.3 Å². The van der Waals surface area contributed by atoms with Gasteiger partial charge in [0.15, 0.2) is 10.9 Å². The minimum atomic E-state index is -0.665. The molecular formula is C9H13N3O5S. The predicted molar refractivity (Wildman–Crippen MR) is 63.4 cm³/mol. The fourth-order valence-electron chi connectivity index (χ4n) is 1.21. The summed E-state index contributed by atoms with van der Waals surface area (Å²) in [5, 5.41) is 10.5. The summed E-state index contributed by atoms with van der Waals surface area (Å²) < 4.78 is 4.82. The molecule has 18 heavy (non-hydrogen) atoms. The number of hydrogen-bond donors (Lipinski definition) is 2. The van der Waals surface area contributed by atoms with Crippen molar-refractivity contribution >= 4 is 29.3 Å². The lowest BCUT2D eigenvalue weighted by atomic mass is 10.3. The molecule has 0 spiro atoms. The van der Waals surface area contributed by atoms with E-state index in [-0.39, 0.29) is 28.9 Å². The van der Waals surface area contributed by atoms with Gasteiger partial charge in [0.1, 0.15) is 0 Å². The molecule has 0 aromatic carbocycles. The third-order valence-corrected chi connectivity index (χ3v) is 2.86. The van der Waals surface area contributed by atoms with E-state index in [4.69, 9.17) is 4.74 Å². The Morgan fingerprint density at radius 3 is 3.00 bits per heavy atom. The van der Waals surface area contributed by atoms with Gasteiger partial charge in [-0.1, -0.05) is 11.8 Å². The number of esters is 1. The summed E-state index contributed by atoms with van der Waals surface area (Å²) in [4.78, 5) is 30.0. The number of nitrogens with one attached hydrogen (secondary N) is 1. The summed E-state index contributed by atoms with van der Waals surface area (Å²) in [5.74, 6) is -0.408. The third-order valence-electron chi connectivity index (χ3n) is 1.91. The Labute approximate surface area is 108 Å². The monoisotopic (exact) mass is 275 g/mol. The number of hydrogen-bond acceptors (Lipinski definition) is 7. The Balaban J connectivity index is 3.02. The van der Waals surface area contributed by atoms with Crippen LogP contribution in [0.15, 0.2) is 16.4 Å². The average Bonchev–Trinajstić information content (AvgIpc) is 2.69. The lowest BCUT2D eigenvalue weighted by Gasteiger charge is -2.15. The zero-order valence-corrected chi connectivity index (χ0v) is 10.7. The van der Waals surface area contributed by atoms with E-state index in [9.17, 15) is 14.8 Å². The summed E-state index contributed by atoms with van der Waals surface area (Å²) in [6.07, 6.45) is 0.308. The van der Waals surface area contributed by atoms with Gasteiger partial charge in [-0.3, -0.25) is 20.3 Å². The first-order valence-corrected chi connectivity index (χ1v) is 5.96. The normalized spacial score (nSPS) is 19.9. The van der Waals surface area contributed by atoms with Crippen molar-refractivity contribution in [1.82, 2.24) is 10.5 Å². The quantitative estimate of drug-likeness (QED) is 0.309. The molecular weight excluding hydrogens is 262 g/mol. The fourth-order valence-corrected chi connectivity index (χ4v) is 2.09. The number of nitrogens with zero attached hydrogens (tertiary/aromatic N) is 2. The second-order valence-corrected chi connectivity index (χ2v) is 3.91. The van der Waals surface area contributed by atoms with E-state index in [0.717, 1.165) is 11.8 Å². The zero-order chi connectivity index (χ0) is 13.5. The van der Waals surface area contributed by atoms with Crippen LogP contribution in [-0.2, 0) is 19.2 Å². The maximum atomic E-state index is 11.7. The number of carbonyl (C=O) groups excluding carboxylic acids is 2. The van der Waals surface area contributed by atoms with Crippen molar-refractivity contribution in [2.45, 2.75) is 6.92 Å². The molecule has 1 aliphatic rings. The molecule has 9 heteroatoms. The minimum Gasteiger partial charge on any atom is -0.461 e. The van der Waals surface area contributed by atoms with Crippen molar-refractivity contribution in [2.24, 2.45) is 4.99 Å². The first-order valence-electron chi connectivity index (χ1n) is 4.98. The van der Waals surface area contributed by atoms with Gasteiger partial charge >= 0.3 is 5.97 Å². The molecule has 0 aromatic rings. The number of carbonyl (C=O) groups is 2. The number of amidine groups is 1. The van der Waals surface area contributed by atoms with Gasteiger partial charge < -0.3 is 4.74 Å². The van der Waals surface area contributed by atoms with E-state index in [2.05, 4.69) is 15.3 Å². The molecule has 1 aliphatic heterocycles. The maximum Gasteiger partial charge on any atom is 0.358 e. The van der Waals surface area contributed by atoms with E-state index < -0.39 is 5.97 Å². The van der Waals surface area contributed by atoms with Gasteiger partial charge in [0.2, 0.25) is 6.41 Å². The summed E-state index contributed by atoms with van der Waals surface area (Å²) in [5.41, 5.74) is 2.52. The van der Waals surface area contributed by atoms with E-state index in [1.54, 1.807) is 6.92 Å². The van der Waals surface area contributed by atoms with Gasteiger partial charge in [0.05, 0.1) is 19.4 Å². The predicted octanol–water partition coefficient (Wildman–Crippen LogP) is -0.138. The van der Waals surface area contributed by atoms with E-state index >= 15 is 0 Å². The highest BCUT2D eigenvalue weighted by Gasteiger charge is 2.30. The molecule has 0 aromatic heterocycles. The summed E-state index contributed by atoms with van der Waals surface area (Å²) in [6.45, 7) is 1.85. The van der Waals surface area contributed by atoms with Gasteiger partial charge in [-0.2, -0.15) is 4.99 Å². The molecule has 0 saturated carbocycles. The van der Waals surface area contributed by atoms with Crippen LogP contribution >= 0.6 is 11.8 Å². The van der Waals surface area contributed by atoms with Crippen molar-refractivity contribution in [1.29, 1.82) is 0 Å². The van der Waals surface area contributed by atoms with Crippen LogP contribution in [0.1, 0.15) is 6.92 Å². The molecule has 0 bridgehead atoms. The molecule has 1 fully saturated rings. The SMILES string of the molecule is CCOC(=O)C(NOC)=C1CSC(=NC=O)N1O. The molecule has 0 radical (unpaired) electrons. The van der Waals surface area contributed by atoms with Gasteiger partial charge in [0.25, 0.3) is 0 Å². The molecule has 1 rings (SSSR count). The highest BCUT2D eigenvalue weighted by atomic mass is 32.2. The number of thioether (sulfide) groups is 1. The van der Waals surface area contributed by atoms with E-state index in [1.165, 1.54) is 7.11 Å². The summed E-state index contributed by atoms with van der Waals surface area (Å²) in [6, 6.07) is 0. The second-order valence-electron chi connectivity index (χ2n) is 2.97. The third kappa shape index (κ3) is 3.22. The van der Waals surface area contributed by atoms with Crippen LogP contribution in [0, 0.1) is 0 Å². The second kappa shape index (κ2) is 6.99. The Hall–Kier alpha value is -1.58. The minimum absolute atomic E-state index is 0.0366. The van der Waals surface area contributed by atoms with Crippen molar-refractivity contribution in [2.75, 3.05) is 19.5 Å².